The van der Waals surface area contributed by atoms with E-state index in [1.807, 2.05) is 0 Å². The van der Waals surface area contributed by atoms with Crippen molar-refractivity contribution in [1.29, 1.82) is 0 Å². The van der Waals surface area contributed by atoms with E-state index in [2.05, 4.69) is 0 Å². The van der Waals surface area contributed by atoms with Gasteiger partial charge in [0.05, 0.1) is 13.6 Å². The van der Waals surface area contributed by atoms with E-state index in [1.54, 1.807) is 0 Å². The molecule has 1 aliphatic rings. The summed E-state index contributed by atoms with van der Waals surface area (Å²) in [5.74, 6) is 0. The second kappa shape index (κ2) is 4.96. The highest BCUT2D eigenvalue weighted by molar-refractivity contribution is 7.72. The van der Waals surface area contributed by atoms with E-state index in [0.29, 0.717) is 19.3 Å². The minimum Gasteiger partial charge on any atom is -0.632 e. The van der Waals surface area contributed by atoms with Crippen LogP contribution in [0.5, 0.6) is 0 Å². The summed E-state index contributed by atoms with van der Waals surface area (Å²) in [6.45, 7) is -0.212. The zero-order valence-electron chi connectivity index (χ0n) is 10.1. The molecule has 10 heteroatoms. The molecule has 1 unspecified atom stereocenters. The third-order valence-corrected chi connectivity index (χ3v) is 8.26. The maximum absolute atomic E-state index is 12.4. The highest BCUT2D eigenvalue weighted by Gasteiger charge is 2.69. The summed E-state index contributed by atoms with van der Waals surface area (Å²) in [6, 6.07) is 0. The molecule has 0 aromatic carbocycles. The molecule has 4 N–H and O–H groups in total. The Morgan fingerprint density at radius 1 is 1.00 bits per heavy atom. The lowest BCUT2D eigenvalue weighted by Gasteiger charge is -2.54. The summed E-state index contributed by atoms with van der Waals surface area (Å²) in [7, 11) is -9.60. The summed E-state index contributed by atoms with van der Waals surface area (Å²) in [5.41, 5.74) is 0. The number of quaternary nitrogens is 1. The Morgan fingerprint density at radius 2 is 1.44 bits per heavy atom. The lowest BCUT2D eigenvalue weighted by molar-refractivity contribution is -0.887. The molecule has 1 rings (SSSR count). The number of hydrogen-bond acceptors (Lipinski definition) is 3. The van der Waals surface area contributed by atoms with Crippen LogP contribution >= 0.6 is 15.2 Å². The fraction of sp³-hybridized carbons (Fsp3) is 1.00. The van der Waals surface area contributed by atoms with Crippen molar-refractivity contribution in [2.24, 2.45) is 0 Å². The topological polar surface area (TPSA) is 138 Å². The smallest absolute Gasteiger partial charge is 0.398 e. The molecular formula is C8H19NO7P2. The van der Waals surface area contributed by atoms with E-state index >= 15 is 0 Å². The third-order valence-electron chi connectivity index (χ3n) is 3.54. The van der Waals surface area contributed by atoms with Gasteiger partial charge in [-0.05, 0) is 19.3 Å². The molecule has 0 bridgehead atoms. The third kappa shape index (κ3) is 2.57. The number of nitrogens with zero attached hydrogens (tertiary/aromatic N) is 1. The van der Waals surface area contributed by atoms with Gasteiger partial charge in [-0.2, -0.15) is 0 Å². The van der Waals surface area contributed by atoms with Gasteiger partial charge in [0, 0.05) is 6.42 Å². The van der Waals surface area contributed by atoms with E-state index in [1.165, 1.54) is 0 Å². The monoisotopic (exact) mass is 303 g/mol. The maximum Gasteiger partial charge on any atom is 0.398 e. The highest BCUT2D eigenvalue weighted by atomic mass is 31.2. The molecule has 0 amide bonds. The average Bonchev–Trinajstić information content (AvgIpc) is 2.08. The Balaban J connectivity index is 3.45. The first kappa shape index (κ1) is 16.3. The average molecular weight is 303 g/mol. The molecule has 0 aliphatic carbocycles. The molecule has 1 aliphatic heterocycles. The van der Waals surface area contributed by atoms with Crippen LogP contribution in [0.3, 0.4) is 0 Å². The van der Waals surface area contributed by atoms with Gasteiger partial charge in [0.2, 0.25) is 0 Å². The maximum atomic E-state index is 12.4. The fourth-order valence-electron chi connectivity index (χ4n) is 2.56. The predicted molar refractivity (Wildman–Crippen MR) is 64.3 cm³/mol. The second-order valence-corrected chi connectivity index (χ2v) is 8.86. The molecule has 0 radical (unpaired) electrons. The molecule has 0 spiro atoms. The van der Waals surface area contributed by atoms with Crippen LogP contribution in [0, 0.1) is 5.21 Å². The Labute approximate surface area is 105 Å². The summed E-state index contributed by atoms with van der Waals surface area (Å²) < 4.78 is 21.6. The molecule has 0 aromatic heterocycles. The summed E-state index contributed by atoms with van der Waals surface area (Å²) >= 11 is 0. The Hall–Kier alpha value is 0.220. The van der Waals surface area contributed by atoms with E-state index in [4.69, 9.17) is 0 Å². The largest absolute Gasteiger partial charge is 0.632 e. The van der Waals surface area contributed by atoms with Crippen LogP contribution < -0.4 is 0 Å². The lowest BCUT2D eigenvalue weighted by atomic mass is 10.1. The number of hydrogen-bond donors (Lipinski definition) is 4. The molecule has 8 nitrogen and oxygen atoms in total. The minimum absolute atomic E-state index is 0.212. The molecule has 108 valence electrons. The number of hydroxylamine groups is 3. The Morgan fingerprint density at radius 3 is 1.89 bits per heavy atom. The summed E-state index contributed by atoms with van der Waals surface area (Å²) in [5, 5.41) is 9.53. The van der Waals surface area contributed by atoms with Crippen molar-refractivity contribution >= 4 is 15.2 Å². The molecule has 1 saturated heterocycles. The fourth-order valence-corrected chi connectivity index (χ4v) is 6.12. The molecule has 1 heterocycles. The Bertz CT molecular complexity index is 376. The van der Waals surface area contributed by atoms with Crippen LogP contribution in [-0.4, -0.2) is 42.8 Å². The zero-order chi connectivity index (χ0) is 14.2. The predicted octanol–water partition coefficient (Wildman–Crippen LogP) is 0.904. The van der Waals surface area contributed by atoms with Crippen molar-refractivity contribution in [2.45, 2.75) is 37.1 Å². The van der Waals surface area contributed by atoms with Gasteiger partial charge in [-0.3, -0.25) is 9.13 Å². The lowest BCUT2D eigenvalue weighted by Crippen LogP contribution is -2.58. The molecule has 1 atom stereocenters. The van der Waals surface area contributed by atoms with Gasteiger partial charge < -0.3 is 29.4 Å². The summed E-state index contributed by atoms with van der Waals surface area (Å²) in [4.78, 5) is 37.5. The van der Waals surface area contributed by atoms with Crippen LogP contribution in [0.1, 0.15) is 32.1 Å². The van der Waals surface area contributed by atoms with E-state index in [9.17, 15) is 33.9 Å². The van der Waals surface area contributed by atoms with E-state index in [-0.39, 0.29) is 13.0 Å². The molecule has 0 saturated carbocycles. The number of rotatable bonds is 2. The van der Waals surface area contributed by atoms with Crippen molar-refractivity contribution in [3.8, 4) is 0 Å². The SMILES string of the molecule is C[N+]1([O-])CCCCCCC1(P(=O)(O)O)P(=O)(O)O. The van der Waals surface area contributed by atoms with Crippen molar-refractivity contribution in [2.75, 3.05) is 13.6 Å². The highest BCUT2D eigenvalue weighted by Crippen LogP contribution is 2.74. The van der Waals surface area contributed by atoms with Crippen LogP contribution in [0.4, 0.5) is 0 Å². The van der Waals surface area contributed by atoms with E-state index in [0.717, 1.165) is 7.05 Å². The van der Waals surface area contributed by atoms with Crippen LogP contribution in [-0.2, 0) is 9.13 Å². The number of likely N-dealkylation sites (tertiary alicyclic amines) is 1. The van der Waals surface area contributed by atoms with Gasteiger partial charge in [0.25, 0.3) is 5.02 Å². The zero-order valence-corrected chi connectivity index (χ0v) is 11.9. The Kier molecular flexibility index (Phi) is 4.49. The quantitative estimate of drug-likeness (QED) is 0.338. The minimum atomic E-state index is -5.27. The van der Waals surface area contributed by atoms with Gasteiger partial charge in [-0.1, -0.05) is 6.42 Å². The van der Waals surface area contributed by atoms with Crippen molar-refractivity contribution in [3.05, 3.63) is 5.21 Å². The van der Waals surface area contributed by atoms with Gasteiger partial charge in [-0.15, -0.1) is 0 Å². The van der Waals surface area contributed by atoms with Crippen LogP contribution in [0.15, 0.2) is 0 Å². The van der Waals surface area contributed by atoms with Crippen LogP contribution in [0.2, 0.25) is 0 Å². The standard InChI is InChI=1S/C8H19NO7P2/c1-9(10)7-5-3-2-4-6-8(9,17(11,12)13)18(14,15)16/h2-7H2,1H3,(H2,11,12,13)(H2,14,15,16). The molecule has 1 fully saturated rings. The van der Waals surface area contributed by atoms with Gasteiger partial charge in [0.15, 0.2) is 0 Å². The van der Waals surface area contributed by atoms with Crippen molar-refractivity contribution in [1.82, 2.24) is 0 Å². The molecule has 18 heavy (non-hydrogen) atoms. The first-order valence-corrected chi connectivity index (χ1v) is 8.86. The first-order valence-electron chi connectivity index (χ1n) is 5.64. The summed E-state index contributed by atoms with van der Waals surface area (Å²) in [6.07, 6.45) is 1.45. The van der Waals surface area contributed by atoms with Gasteiger partial charge in [-0.25, -0.2) is 0 Å². The second-order valence-electron chi connectivity index (χ2n) is 4.85. The first-order chi connectivity index (χ1) is 7.96. The molecule has 0 aromatic rings. The molecular weight excluding hydrogens is 284 g/mol. The van der Waals surface area contributed by atoms with Crippen molar-refractivity contribution < 1.29 is 33.4 Å². The van der Waals surface area contributed by atoms with Gasteiger partial charge >= 0.3 is 15.2 Å². The van der Waals surface area contributed by atoms with E-state index < -0.39 is 31.3 Å². The van der Waals surface area contributed by atoms with Crippen molar-refractivity contribution in [3.63, 3.8) is 0 Å². The van der Waals surface area contributed by atoms with Gasteiger partial charge in [0.1, 0.15) is 0 Å². The van der Waals surface area contributed by atoms with Crippen LogP contribution in [0.25, 0.3) is 0 Å². The normalized spacial score (nSPS) is 30.6.